The van der Waals surface area contributed by atoms with Crippen molar-refractivity contribution in [2.45, 2.75) is 266 Å². The third kappa shape index (κ3) is 41.9. The van der Waals surface area contributed by atoms with Gasteiger partial charge in [0.1, 0.15) is 13.2 Å². The lowest BCUT2D eigenvalue weighted by atomic mass is 9.99. The second kappa shape index (κ2) is 40.6. The van der Waals surface area contributed by atoms with Crippen LogP contribution in [0.1, 0.15) is 260 Å². The fraction of sp³-hybridized carbons (Fsp3) is 0.939. The van der Waals surface area contributed by atoms with Crippen molar-refractivity contribution in [2.24, 2.45) is 17.8 Å². The second-order valence-electron chi connectivity index (χ2n) is 17.9. The standard InChI is InChI=1S/C49H94O6/c1-7-45(6)37-31-25-19-12-8-9-13-20-26-32-38-47(50)53-41-46(55-49(52)40-34-28-22-16-15-18-24-30-36-44(4)5)42-54-48(51)39-33-27-21-14-10-11-17-23-29-35-43(2)3/h43-46H,7-42H2,1-6H3/t45?,46-/m1/s1. The lowest BCUT2D eigenvalue weighted by molar-refractivity contribution is -0.167. The lowest BCUT2D eigenvalue weighted by Crippen LogP contribution is -2.30. The Morgan fingerprint density at radius 3 is 0.945 bits per heavy atom. The Morgan fingerprint density at radius 2 is 0.636 bits per heavy atom. The van der Waals surface area contributed by atoms with Crippen LogP contribution in [0.15, 0.2) is 0 Å². The summed E-state index contributed by atoms with van der Waals surface area (Å²) in [4.78, 5) is 37.8. The molecule has 0 radical (unpaired) electrons. The van der Waals surface area contributed by atoms with Crippen molar-refractivity contribution >= 4 is 17.9 Å². The van der Waals surface area contributed by atoms with Crippen molar-refractivity contribution in [2.75, 3.05) is 13.2 Å². The molecule has 0 saturated heterocycles. The summed E-state index contributed by atoms with van der Waals surface area (Å²) in [5.41, 5.74) is 0. The Bertz CT molecular complexity index is 854. The molecule has 0 amide bonds. The molecule has 0 heterocycles. The molecule has 0 N–H and O–H groups in total. The number of ether oxygens (including phenoxy) is 3. The predicted molar refractivity (Wildman–Crippen MR) is 233 cm³/mol. The molecule has 0 bridgehead atoms. The molecule has 326 valence electrons. The Balaban J connectivity index is 4.33. The Morgan fingerprint density at radius 1 is 0.364 bits per heavy atom. The number of unbranched alkanes of at least 4 members (excludes halogenated alkanes) is 24. The van der Waals surface area contributed by atoms with Crippen molar-refractivity contribution in [3.05, 3.63) is 0 Å². The van der Waals surface area contributed by atoms with E-state index in [9.17, 15) is 14.4 Å². The minimum Gasteiger partial charge on any atom is -0.462 e. The summed E-state index contributed by atoms with van der Waals surface area (Å²) in [6.07, 6.45) is 38.0. The van der Waals surface area contributed by atoms with E-state index in [0.29, 0.717) is 19.3 Å². The van der Waals surface area contributed by atoms with Crippen LogP contribution in [0.5, 0.6) is 0 Å². The molecule has 0 aliphatic rings. The van der Waals surface area contributed by atoms with E-state index in [1.165, 1.54) is 141 Å². The van der Waals surface area contributed by atoms with Crippen LogP contribution in [0.3, 0.4) is 0 Å². The largest absolute Gasteiger partial charge is 0.462 e. The van der Waals surface area contributed by atoms with Gasteiger partial charge in [-0.1, -0.05) is 221 Å². The quantitative estimate of drug-likeness (QED) is 0.0349. The van der Waals surface area contributed by atoms with Gasteiger partial charge in [0.15, 0.2) is 6.10 Å². The molecule has 2 atom stereocenters. The van der Waals surface area contributed by atoms with Crippen LogP contribution in [0, 0.1) is 17.8 Å². The van der Waals surface area contributed by atoms with Crippen molar-refractivity contribution in [3.63, 3.8) is 0 Å². The summed E-state index contributed by atoms with van der Waals surface area (Å²) in [5.74, 6) is 1.61. The highest BCUT2D eigenvalue weighted by molar-refractivity contribution is 5.71. The van der Waals surface area contributed by atoms with E-state index in [2.05, 4.69) is 41.5 Å². The monoisotopic (exact) mass is 779 g/mol. The molecular formula is C49H94O6. The van der Waals surface area contributed by atoms with Gasteiger partial charge in [0.05, 0.1) is 0 Å². The molecule has 0 aromatic rings. The van der Waals surface area contributed by atoms with Crippen molar-refractivity contribution in [1.29, 1.82) is 0 Å². The van der Waals surface area contributed by atoms with Crippen LogP contribution in [-0.4, -0.2) is 37.2 Å². The van der Waals surface area contributed by atoms with Crippen LogP contribution in [0.4, 0.5) is 0 Å². The van der Waals surface area contributed by atoms with E-state index in [0.717, 1.165) is 75.5 Å². The molecule has 0 saturated carbocycles. The van der Waals surface area contributed by atoms with Gasteiger partial charge in [-0.2, -0.15) is 0 Å². The van der Waals surface area contributed by atoms with Crippen molar-refractivity contribution < 1.29 is 28.6 Å². The minimum absolute atomic E-state index is 0.0660. The first-order valence-corrected chi connectivity index (χ1v) is 24.1. The molecule has 0 aromatic carbocycles. The molecule has 0 spiro atoms. The third-order valence-corrected chi connectivity index (χ3v) is 11.3. The average molecular weight is 779 g/mol. The molecule has 0 rings (SSSR count). The SMILES string of the molecule is CCC(C)CCCCCCCCCCCCC(=O)OC[C@H](COC(=O)CCCCCCCCCCCC(C)C)OC(=O)CCCCCCCCCCC(C)C. The summed E-state index contributed by atoms with van der Waals surface area (Å²) >= 11 is 0. The maximum absolute atomic E-state index is 12.7. The van der Waals surface area contributed by atoms with Crippen molar-refractivity contribution in [3.8, 4) is 0 Å². The molecule has 0 aliphatic heterocycles. The van der Waals surface area contributed by atoms with Crippen LogP contribution in [-0.2, 0) is 28.6 Å². The first-order valence-electron chi connectivity index (χ1n) is 24.1. The van der Waals surface area contributed by atoms with E-state index in [1.807, 2.05) is 0 Å². The van der Waals surface area contributed by atoms with Crippen LogP contribution in [0.25, 0.3) is 0 Å². The van der Waals surface area contributed by atoms with Gasteiger partial charge < -0.3 is 14.2 Å². The van der Waals surface area contributed by atoms with Gasteiger partial charge in [-0.15, -0.1) is 0 Å². The molecule has 6 heteroatoms. The van der Waals surface area contributed by atoms with Crippen LogP contribution < -0.4 is 0 Å². The normalized spacial score (nSPS) is 12.7. The maximum Gasteiger partial charge on any atom is 0.306 e. The molecule has 0 fully saturated rings. The number of carbonyl (C=O) groups excluding carboxylic acids is 3. The van der Waals surface area contributed by atoms with Crippen molar-refractivity contribution in [1.82, 2.24) is 0 Å². The topological polar surface area (TPSA) is 78.9 Å². The average Bonchev–Trinajstić information content (AvgIpc) is 3.15. The van der Waals surface area contributed by atoms with E-state index in [1.54, 1.807) is 0 Å². The number of hydrogen-bond acceptors (Lipinski definition) is 6. The number of carbonyl (C=O) groups is 3. The second-order valence-corrected chi connectivity index (χ2v) is 17.9. The number of rotatable bonds is 42. The fourth-order valence-corrected chi connectivity index (χ4v) is 7.20. The van der Waals surface area contributed by atoms with Crippen LogP contribution >= 0.6 is 0 Å². The fourth-order valence-electron chi connectivity index (χ4n) is 7.20. The van der Waals surface area contributed by atoms with Gasteiger partial charge in [-0.05, 0) is 37.0 Å². The predicted octanol–water partition coefficient (Wildman–Crippen LogP) is 15.2. The maximum atomic E-state index is 12.7. The zero-order valence-corrected chi connectivity index (χ0v) is 37.7. The minimum atomic E-state index is -0.762. The van der Waals surface area contributed by atoms with Gasteiger partial charge in [0, 0.05) is 19.3 Å². The molecule has 0 aromatic heterocycles. The van der Waals surface area contributed by atoms with Gasteiger partial charge in [0.2, 0.25) is 0 Å². The zero-order chi connectivity index (χ0) is 40.6. The Kier molecular flexibility index (Phi) is 39.4. The van der Waals surface area contributed by atoms with E-state index >= 15 is 0 Å². The first kappa shape index (κ1) is 53.4. The van der Waals surface area contributed by atoms with E-state index in [4.69, 9.17) is 14.2 Å². The highest BCUT2D eigenvalue weighted by Crippen LogP contribution is 2.17. The molecule has 0 aliphatic carbocycles. The lowest BCUT2D eigenvalue weighted by Gasteiger charge is -2.18. The van der Waals surface area contributed by atoms with E-state index in [-0.39, 0.29) is 31.1 Å². The highest BCUT2D eigenvalue weighted by Gasteiger charge is 2.19. The molecule has 1 unspecified atom stereocenters. The van der Waals surface area contributed by atoms with Gasteiger partial charge in [0.25, 0.3) is 0 Å². The van der Waals surface area contributed by atoms with Crippen LogP contribution in [0.2, 0.25) is 0 Å². The van der Waals surface area contributed by atoms with Gasteiger partial charge in [-0.3, -0.25) is 14.4 Å². The summed E-state index contributed by atoms with van der Waals surface area (Å²) in [5, 5.41) is 0. The van der Waals surface area contributed by atoms with Gasteiger partial charge in [-0.25, -0.2) is 0 Å². The highest BCUT2D eigenvalue weighted by atomic mass is 16.6. The zero-order valence-electron chi connectivity index (χ0n) is 37.7. The molecular weight excluding hydrogens is 685 g/mol. The first-order chi connectivity index (χ1) is 26.6. The summed E-state index contributed by atoms with van der Waals surface area (Å²) in [6, 6.07) is 0. The summed E-state index contributed by atoms with van der Waals surface area (Å²) in [6.45, 7) is 13.7. The summed E-state index contributed by atoms with van der Waals surface area (Å²) in [7, 11) is 0. The van der Waals surface area contributed by atoms with Gasteiger partial charge >= 0.3 is 17.9 Å². The number of esters is 3. The number of hydrogen-bond donors (Lipinski definition) is 0. The molecule has 6 nitrogen and oxygen atoms in total. The smallest absolute Gasteiger partial charge is 0.306 e. The third-order valence-electron chi connectivity index (χ3n) is 11.3. The summed E-state index contributed by atoms with van der Waals surface area (Å²) < 4.78 is 16.8. The Labute approximate surface area is 342 Å². The molecule has 55 heavy (non-hydrogen) atoms. The Hall–Kier alpha value is -1.59. The van der Waals surface area contributed by atoms with E-state index < -0.39 is 6.10 Å².